The molecule has 0 amide bonds. The van der Waals surface area contributed by atoms with E-state index in [-0.39, 0.29) is 5.95 Å². The van der Waals surface area contributed by atoms with Crippen molar-refractivity contribution in [2.75, 3.05) is 17.3 Å². The van der Waals surface area contributed by atoms with Crippen LogP contribution in [0.15, 0.2) is 18.5 Å². The molecule has 1 aliphatic carbocycles. The van der Waals surface area contributed by atoms with E-state index in [4.69, 9.17) is 5.73 Å². The van der Waals surface area contributed by atoms with E-state index < -0.39 is 0 Å². The zero-order valence-electron chi connectivity index (χ0n) is 11.2. The molecule has 8 heteroatoms. The van der Waals surface area contributed by atoms with E-state index in [0.29, 0.717) is 17.9 Å². The molecule has 2 aromatic rings. The van der Waals surface area contributed by atoms with Crippen LogP contribution in [0.1, 0.15) is 19.3 Å². The first-order valence-corrected chi connectivity index (χ1v) is 7.84. The molecule has 1 fully saturated rings. The molecule has 1 aliphatic rings. The summed E-state index contributed by atoms with van der Waals surface area (Å²) >= 11 is 1.92. The summed E-state index contributed by atoms with van der Waals surface area (Å²) in [5.41, 5.74) is 5.75. The number of nitrogens with one attached hydrogen (secondary N) is 1. The van der Waals surface area contributed by atoms with E-state index >= 15 is 0 Å². The molecule has 0 aliphatic heterocycles. The molecule has 20 heavy (non-hydrogen) atoms. The molecular formula is C12H17N7S. The van der Waals surface area contributed by atoms with Crippen molar-refractivity contribution < 1.29 is 0 Å². The minimum Gasteiger partial charge on any atom is -0.368 e. The summed E-state index contributed by atoms with van der Waals surface area (Å²) in [5, 5.41) is 8.17. The maximum atomic E-state index is 5.75. The molecule has 2 aromatic heterocycles. The first kappa shape index (κ1) is 13.2. The van der Waals surface area contributed by atoms with Gasteiger partial charge in [-0.25, -0.2) is 4.68 Å². The molecule has 0 spiro atoms. The van der Waals surface area contributed by atoms with E-state index in [1.807, 2.05) is 17.8 Å². The van der Waals surface area contributed by atoms with Crippen LogP contribution in [0.4, 0.5) is 11.9 Å². The molecule has 7 nitrogen and oxygen atoms in total. The van der Waals surface area contributed by atoms with Gasteiger partial charge in [0.15, 0.2) is 0 Å². The van der Waals surface area contributed by atoms with Gasteiger partial charge in [-0.05, 0) is 31.6 Å². The molecule has 106 valence electrons. The highest BCUT2D eigenvalue weighted by Gasteiger charge is 2.24. The van der Waals surface area contributed by atoms with Gasteiger partial charge in [0.1, 0.15) is 0 Å². The topological polar surface area (TPSA) is 94.5 Å². The summed E-state index contributed by atoms with van der Waals surface area (Å²) in [5.74, 6) is 1.16. The van der Waals surface area contributed by atoms with Crippen molar-refractivity contribution >= 4 is 23.7 Å². The maximum absolute atomic E-state index is 5.75. The van der Waals surface area contributed by atoms with Crippen LogP contribution >= 0.6 is 11.8 Å². The summed E-state index contributed by atoms with van der Waals surface area (Å²) in [6.45, 7) is 0. The van der Waals surface area contributed by atoms with Crippen LogP contribution in [-0.2, 0) is 0 Å². The number of rotatable bonds is 4. The summed E-state index contributed by atoms with van der Waals surface area (Å²) in [6, 6.07) is 2.22. The minimum absolute atomic E-state index is 0.201. The van der Waals surface area contributed by atoms with Gasteiger partial charge in [-0.15, -0.1) is 0 Å². The second kappa shape index (κ2) is 5.66. The van der Waals surface area contributed by atoms with Gasteiger partial charge in [-0.2, -0.15) is 31.8 Å². The average Bonchev–Trinajstić information content (AvgIpc) is 3.09. The molecule has 0 radical (unpaired) electrons. The fourth-order valence-corrected chi connectivity index (χ4v) is 3.20. The van der Waals surface area contributed by atoms with Crippen molar-refractivity contribution in [3.8, 4) is 5.95 Å². The highest BCUT2D eigenvalue weighted by atomic mass is 32.2. The van der Waals surface area contributed by atoms with Crippen LogP contribution in [0, 0.1) is 0 Å². The van der Waals surface area contributed by atoms with Gasteiger partial charge >= 0.3 is 0 Å². The zero-order chi connectivity index (χ0) is 13.9. The zero-order valence-corrected chi connectivity index (χ0v) is 12.0. The number of aromatic nitrogens is 5. The molecule has 2 atom stereocenters. The van der Waals surface area contributed by atoms with Crippen molar-refractivity contribution in [3.05, 3.63) is 18.5 Å². The predicted octanol–water partition coefficient (Wildman–Crippen LogP) is 1.34. The number of thioether (sulfide) groups is 1. The lowest BCUT2D eigenvalue weighted by Gasteiger charge is -2.13. The largest absolute Gasteiger partial charge is 0.368 e. The Hall–Kier alpha value is -1.83. The first-order chi connectivity index (χ1) is 9.74. The lowest BCUT2D eigenvalue weighted by atomic mass is 10.2. The molecule has 0 saturated heterocycles. The summed E-state index contributed by atoms with van der Waals surface area (Å²) < 4.78 is 1.57. The van der Waals surface area contributed by atoms with Crippen molar-refractivity contribution in [3.63, 3.8) is 0 Å². The van der Waals surface area contributed by atoms with Crippen LogP contribution in [-0.4, -0.2) is 42.3 Å². The Balaban J connectivity index is 1.77. The molecular weight excluding hydrogens is 274 g/mol. The van der Waals surface area contributed by atoms with Crippen LogP contribution in [0.25, 0.3) is 5.95 Å². The van der Waals surface area contributed by atoms with Gasteiger partial charge in [0.2, 0.25) is 11.9 Å². The average molecular weight is 291 g/mol. The van der Waals surface area contributed by atoms with Crippen LogP contribution < -0.4 is 11.1 Å². The number of anilines is 2. The number of nitrogens with zero attached hydrogens (tertiary/aromatic N) is 5. The summed E-state index contributed by atoms with van der Waals surface area (Å²) in [6.07, 6.45) is 9.10. The van der Waals surface area contributed by atoms with E-state index in [0.717, 1.165) is 18.1 Å². The van der Waals surface area contributed by atoms with E-state index in [9.17, 15) is 0 Å². The molecule has 0 bridgehead atoms. The second-order valence-electron chi connectivity index (χ2n) is 4.78. The molecule has 3 N–H and O–H groups in total. The normalized spacial score (nSPS) is 22.1. The molecule has 3 rings (SSSR count). The highest BCUT2D eigenvalue weighted by Crippen LogP contribution is 2.29. The molecule has 1 saturated carbocycles. The van der Waals surface area contributed by atoms with E-state index in [2.05, 4.69) is 31.6 Å². The molecule has 2 heterocycles. The molecule has 0 aromatic carbocycles. The fourth-order valence-electron chi connectivity index (χ4n) is 2.40. The first-order valence-electron chi connectivity index (χ1n) is 6.55. The Labute approximate surface area is 121 Å². The lowest BCUT2D eigenvalue weighted by Crippen LogP contribution is -2.19. The Morgan fingerprint density at radius 2 is 2.25 bits per heavy atom. The van der Waals surface area contributed by atoms with Crippen molar-refractivity contribution in [1.29, 1.82) is 0 Å². The van der Waals surface area contributed by atoms with Gasteiger partial charge in [-0.1, -0.05) is 0 Å². The summed E-state index contributed by atoms with van der Waals surface area (Å²) in [7, 11) is 0. The van der Waals surface area contributed by atoms with Gasteiger partial charge in [0, 0.05) is 23.7 Å². The van der Waals surface area contributed by atoms with Gasteiger partial charge in [0.25, 0.3) is 5.95 Å². The fraction of sp³-hybridized carbons (Fsp3) is 0.500. The monoisotopic (exact) mass is 291 g/mol. The highest BCUT2D eigenvalue weighted by molar-refractivity contribution is 7.99. The molecule has 2 unspecified atom stereocenters. The number of hydrogen-bond donors (Lipinski definition) is 2. The Bertz CT molecular complexity index is 571. The smallest absolute Gasteiger partial charge is 0.257 e. The predicted molar refractivity (Wildman–Crippen MR) is 79.9 cm³/mol. The quantitative estimate of drug-likeness (QED) is 0.877. The Morgan fingerprint density at radius 3 is 2.95 bits per heavy atom. The second-order valence-corrected chi connectivity index (χ2v) is 5.92. The van der Waals surface area contributed by atoms with Crippen LogP contribution in [0.2, 0.25) is 0 Å². The third kappa shape index (κ3) is 2.84. The van der Waals surface area contributed by atoms with Crippen LogP contribution in [0.3, 0.4) is 0 Å². The van der Waals surface area contributed by atoms with E-state index in [1.54, 1.807) is 17.1 Å². The van der Waals surface area contributed by atoms with E-state index in [1.165, 1.54) is 6.42 Å². The lowest BCUT2D eigenvalue weighted by molar-refractivity contribution is 0.735. The number of hydrogen-bond acceptors (Lipinski definition) is 7. The Kier molecular flexibility index (Phi) is 3.72. The van der Waals surface area contributed by atoms with Crippen molar-refractivity contribution in [2.45, 2.75) is 30.6 Å². The Morgan fingerprint density at radius 1 is 1.35 bits per heavy atom. The van der Waals surface area contributed by atoms with Crippen molar-refractivity contribution in [2.24, 2.45) is 0 Å². The van der Waals surface area contributed by atoms with Gasteiger partial charge in [0.05, 0.1) is 0 Å². The van der Waals surface area contributed by atoms with Gasteiger partial charge < -0.3 is 11.1 Å². The maximum Gasteiger partial charge on any atom is 0.257 e. The van der Waals surface area contributed by atoms with Crippen molar-refractivity contribution in [1.82, 2.24) is 24.7 Å². The third-order valence-corrected chi connectivity index (χ3v) is 4.50. The third-order valence-electron chi connectivity index (χ3n) is 3.40. The van der Waals surface area contributed by atoms with Gasteiger partial charge in [-0.3, -0.25) is 0 Å². The minimum atomic E-state index is 0.201. The number of nitrogens with two attached hydrogens (primary N) is 1. The summed E-state index contributed by atoms with van der Waals surface area (Å²) in [4.78, 5) is 12.6. The number of nitrogen functional groups attached to an aromatic ring is 1. The van der Waals surface area contributed by atoms with Crippen LogP contribution in [0.5, 0.6) is 0 Å². The SMILES string of the molecule is CSC1CCC(Nc2nc(N)nc(-n3cccn3)n2)C1. The standard InChI is InChI=1S/C12H17N7S/c1-20-9-4-3-8(7-9)15-11-16-10(13)17-12(18-11)19-6-2-5-14-19/h2,5-6,8-9H,3-4,7H2,1H3,(H3,13,15,16,17,18).